The lowest BCUT2D eigenvalue weighted by Gasteiger charge is -2.25. The molecular formula is C13H26N2O2. The van der Waals surface area contributed by atoms with Gasteiger partial charge in [0.25, 0.3) is 0 Å². The summed E-state index contributed by atoms with van der Waals surface area (Å²) in [4.78, 5) is 14.1. The van der Waals surface area contributed by atoms with E-state index in [1.54, 1.807) is 0 Å². The van der Waals surface area contributed by atoms with Gasteiger partial charge in [-0.25, -0.2) is 4.79 Å². The van der Waals surface area contributed by atoms with E-state index >= 15 is 0 Å². The van der Waals surface area contributed by atoms with Gasteiger partial charge in [-0.15, -0.1) is 0 Å². The van der Waals surface area contributed by atoms with Crippen LogP contribution in [0.25, 0.3) is 0 Å². The van der Waals surface area contributed by atoms with Crippen molar-refractivity contribution >= 4 is 6.09 Å². The van der Waals surface area contributed by atoms with Crippen molar-refractivity contribution in [3.05, 3.63) is 0 Å². The van der Waals surface area contributed by atoms with Gasteiger partial charge in [-0.2, -0.15) is 0 Å². The van der Waals surface area contributed by atoms with Crippen LogP contribution in [0.5, 0.6) is 0 Å². The van der Waals surface area contributed by atoms with Crippen molar-refractivity contribution in [3.63, 3.8) is 0 Å². The topological polar surface area (TPSA) is 41.6 Å². The molecule has 1 N–H and O–H groups in total. The number of rotatable bonds is 2. The number of carbonyl (C=O) groups is 1. The highest BCUT2D eigenvalue weighted by Crippen LogP contribution is 2.12. The van der Waals surface area contributed by atoms with E-state index in [1.807, 2.05) is 20.8 Å². The lowest BCUT2D eigenvalue weighted by Crippen LogP contribution is -2.44. The molecule has 100 valence electrons. The van der Waals surface area contributed by atoms with Crippen LogP contribution in [-0.4, -0.2) is 42.3 Å². The fourth-order valence-corrected chi connectivity index (χ4v) is 2.10. The number of amides is 1. The Labute approximate surface area is 105 Å². The number of alkyl carbamates (subject to hydrolysis) is 1. The predicted molar refractivity (Wildman–Crippen MR) is 69.1 cm³/mol. The molecule has 1 atom stereocenters. The van der Waals surface area contributed by atoms with E-state index in [4.69, 9.17) is 4.74 Å². The SMILES string of the molecule is CCN1CCCC[C@@H](NC(=O)OC(C)(C)C)C1. The number of ether oxygens (including phenoxy) is 1. The first-order valence-corrected chi connectivity index (χ1v) is 6.62. The van der Waals surface area contributed by atoms with Crippen molar-refractivity contribution in [2.24, 2.45) is 0 Å². The molecule has 0 radical (unpaired) electrons. The van der Waals surface area contributed by atoms with Crippen LogP contribution >= 0.6 is 0 Å². The second-order valence-corrected chi connectivity index (χ2v) is 5.73. The van der Waals surface area contributed by atoms with Gasteiger partial charge in [0.15, 0.2) is 0 Å². The van der Waals surface area contributed by atoms with Crippen LogP contribution in [0.1, 0.15) is 47.0 Å². The van der Waals surface area contributed by atoms with Crippen LogP contribution in [0, 0.1) is 0 Å². The van der Waals surface area contributed by atoms with Crippen LogP contribution in [0.15, 0.2) is 0 Å². The van der Waals surface area contributed by atoms with E-state index in [9.17, 15) is 4.79 Å². The summed E-state index contributed by atoms with van der Waals surface area (Å²) in [6, 6.07) is 0.229. The molecule has 1 amide bonds. The van der Waals surface area contributed by atoms with Gasteiger partial charge in [-0.3, -0.25) is 0 Å². The van der Waals surface area contributed by atoms with Gasteiger partial charge in [0.05, 0.1) is 0 Å². The third-order valence-corrected chi connectivity index (χ3v) is 2.92. The normalized spacial score (nSPS) is 22.9. The number of hydrogen-bond acceptors (Lipinski definition) is 3. The highest BCUT2D eigenvalue weighted by molar-refractivity contribution is 5.68. The van der Waals surface area contributed by atoms with Crippen molar-refractivity contribution in [2.45, 2.75) is 58.6 Å². The number of nitrogens with zero attached hydrogens (tertiary/aromatic N) is 1. The maximum atomic E-state index is 11.7. The number of likely N-dealkylation sites (N-methyl/N-ethyl adjacent to an activating group) is 1. The van der Waals surface area contributed by atoms with Crippen molar-refractivity contribution in [1.29, 1.82) is 0 Å². The molecule has 0 aromatic heterocycles. The maximum absolute atomic E-state index is 11.7. The molecule has 0 saturated carbocycles. The summed E-state index contributed by atoms with van der Waals surface area (Å²) in [5.41, 5.74) is -0.417. The summed E-state index contributed by atoms with van der Waals surface area (Å²) in [5, 5.41) is 2.98. The molecule has 0 aromatic carbocycles. The lowest BCUT2D eigenvalue weighted by atomic mass is 10.1. The number of carbonyl (C=O) groups excluding carboxylic acids is 1. The summed E-state index contributed by atoms with van der Waals surface area (Å²) in [6.07, 6.45) is 3.16. The first-order chi connectivity index (χ1) is 7.90. The smallest absolute Gasteiger partial charge is 0.407 e. The summed E-state index contributed by atoms with van der Waals surface area (Å²) >= 11 is 0. The Hall–Kier alpha value is -0.770. The second-order valence-electron chi connectivity index (χ2n) is 5.73. The Bertz CT molecular complexity index is 248. The van der Waals surface area contributed by atoms with Crippen LogP contribution < -0.4 is 5.32 Å². The van der Waals surface area contributed by atoms with E-state index in [1.165, 1.54) is 12.8 Å². The van der Waals surface area contributed by atoms with Gasteiger partial charge in [0.2, 0.25) is 0 Å². The summed E-state index contributed by atoms with van der Waals surface area (Å²) in [5.74, 6) is 0. The fourth-order valence-electron chi connectivity index (χ4n) is 2.10. The summed E-state index contributed by atoms with van der Waals surface area (Å²) in [6.45, 7) is 11.0. The zero-order chi connectivity index (χ0) is 12.9. The molecule has 1 aliphatic heterocycles. The summed E-state index contributed by atoms with van der Waals surface area (Å²) < 4.78 is 5.28. The number of nitrogens with one attached hydrogen (secondary N) is 1. The molecule has 17 heavy (non-hydrogen) atoms. The molecular weight excluding hydrogens is 216 g/mol. The maximum Gasteiger partial charge on any atom is 0.407 e. The molecule has 1 rings (SSSR count). The fraction of sp³-hybridized carbons (Fsp3) is 0.923. The Balaban J connectivity index is 2.41. The minimum Gasteiger partial charge on any atom is -0.444 e. The highest BCUT2D eigenvalue weighted by atomic mass is 16.6. The second kappa shape index (κ2) is 6.24. The highest BCUT2D eigenvalue weighted by Gasteiger charge is 2.22. The average molecular weight is 242 g/mol. The largest absolute Gasteiger partial charge is 0.444 e. The molecule has 1 saturated heterocycles. The Kier molecular flexibility index (Phi) is 5.25. The van der Waals surface area contributed by atoms with Crippen LogP contribution in [0.2, 0.25) is 0 Å². The first kappa shape index (κ1) is 14.3. The Morgan fingerprint density at radius 3 is 2.71 bits per heavy atom. The van der Waals surface area contributed by atoms with Crippen LogP contribution in [-0.2, 0) is 4.74 Å². The monoisotopic (exact) mass is 242 g/mol. The van der Waals surface area contributed by atoms with Crippen molar-refractivity contribution in [3.8, 4) is 0 Å². The van der Waals surface area contributed by atoms with Crippen LogP contribution in [0.4, 0.5) is 4.79 Å². The predicted octanol–water partition coefficient (Wildman–Crippen LogP) is 2.39. The molecule has 1 fully saturated rings. The average Bonchev–Trinajstić information content (AvgIpc) is 2.39. The Morgan fingerprint density at radius 1 is 1.41 bits per heavy atom. The van der Waals surface area contributed by atoms with Gasteiger partial charge in [-0.05, 0) is 46.7 Å². The zero-order valence-corrected chi connectivity index (χ0v) is 11.6. The summed E-state index contributed by atoms with van der Waals surface area (Å²) in [7, 11) is 0. The molecule has 0 aromatic rings. The van der Waals surface area contributed by atoms with Gasteiger partial charge >= 0.3 is 6.09 Å². The van der Waals surface area contributed by atoms with Crippen molar-refractivity contribution in [2.75, 3.05) is 19.6 Å². The Morgan fingerprint density at radius 2 is 2.12 bits per heavy atom. The third kappa shape index (κ3) is 5.91. The van der Waals surface area contributed by atoms with E-state index in [0.717, 1.165) is 26.1 Å². The molecule has 0 spiro atoms. The van der Waals surface area contributed by atoms with Gasteiger partial charge < -0.3 is 15.0 Å². The van der Waals surface area contributed by atoms with Crippen molar-refractivity contribution in [1.82, 2.24) is 10.2 Å². The molecule has 1 heterocycles. The number of hydrogen-bond donors (Lipinski definition) is 1. The van der Waals surface area contributed by atoms with Crippen molar-refractivity contribution < 1.29 is 9.53 Å². The first-order valence-electron chi connectivity index (χ1n) is 6.62. The minimum atomic E-state index is -0.417. The number of likely N-dealkylation sites (tertiary alicyclic amines) is 1. The molecule has 4 nitrogen and oxygen atoms in total. The molecule has 0 unspecified atom stereocenters. The molecule has 0 bridgehead atoms. The molecule has 1 aliphatic rings. The van der Waals surface area contributed by atoms with Gasteiger partial charge in [0.1, 0.15) is 5.60 Å². The quantitative estimate of drug-likeness (QED) is 0.808. The lowest BCUT2D eigenvalue weighted by molar-refractivity contribution is 0.0493. The third-order valence-electron chi connectivity index (χ3n) is 2.92. The molecule has 4 heteroatoms. The van der Waals surface area contributed by atoms with E-state index in [2.05, 4.69) is 17.1 Å². The van der Waals surface area contributed by atoms with Crippen LogP contribution in [0.3, 0.4) is 0 Å². The van der Waals surface area contributed by atoms with E-state index in [0.29, 0.717) is 0 Å². The van der Waals surface area contributed by atoms with Gasteiger partial charge in [-0.1, -0.05) is 13.3 Å². The molecule has 0 aliphatic carbocycles. The van der Waals surface area contributed by atoms with E-state index < -0.39 is 5.60 Å². The minimum absolute atomic E-state index is 0.229. The van der Waals surface area contributed by atoms with E-state index in [-0.39, 0.29) is 12.1 Å². The standard InChI is InChI=1S/C13H26N2O2/c1-5-15-9-7-6-8-11(10-15)14-12(16)17-13(2,3)4/h11H,5-10H2,1-4H3,(H,14,16)/t11-/m1/s1. The zero-order valence-electron chi connectivity index (χ0n) is 11.6. The van der Waals surface area contributed by atoms with Gasteiger partial charge in [0, 0.05) is 12.6 Å².